The summed E-state index contributed by atoms with van der Waals surface area (Å²) in [5.74, 6) is -1.22. The van der Waals surface area contributed by atoms with Crippen molar-refractivity contribution in [3.8, 4) is 0 Å². The highest BCUT2D eigenvalue weighted by atomic mass is 16.4. The van der Waals surface area contributed by atoms with Crippen LogP contribution in [-0.4, -0.2) is 41.6 Å². The first-order chi connectivity index (χ1) is 8.15. The van der Waals surface area contributed by atoms with E-state index in [9.17, 15) is 9.59 Å². The number of amides is 2. The normalized spacial score (nSPS) is 20.5. The van der Waals surface area contributed by atoms with Crippen molar-refractivity contribution in [2.24, 2.45) is 5.92 Å². The molecule has 0 saturated carbocycles. The largest absolute Gasteiger partial charge is 0.481 e. The Morgan fingerprint density at radius 1 is 1.53 bits per heavy atom. The third-order valence-electron chi connectivity index (χ3n) is 2.88. The van der Waals surface area contributed by atoms with Crippen molar-refractivity contribution < 1.29 is 14.7 Å². The molecule has 0 bridgehead atoms. The maximum atomic E-state index is 11.7. The van der Waals surface area contributed by atoms with Crippen molar-refractivity contribution in [3.63, 3.8) is 0 Å². The average Bonchev–Trinajstić information content (AvgIpc) is 2.34. The Hall–Kier alpha value is -1.52. The smallest absolute Gasteiger partial charge is 0.317 e. The van der Waals surface area contributed by atoms with Gasteiger partial charge < -0.3 is 15.3 Å². The summed E-state index contributed by atoms with van der Waals surface area (Å²) in [6.45, 7) is 3.51. The summed E-state index contributed by atoms with van der Waals surface area (Å²) in [4.78, 5) is 24.2. The summed E-state index contributed by atoms with van der Waals surface area (Å²) in [7, 11) is 0. The molecule has 0 aromatic heterocycles. The summed E-state index contributed by atoms with van der Waals surface area (Å²) < 4.78 is 0. The zero-order valence-electron chi connectivity index (χ0n) is 10.2. The van der Waals surface area contributed by atoms with Crippen LogP contribution in [0.2, 0.25) is 0 Å². The number of hydrogen-bond acceptors (Lipinski definition) is 2. The highest BCUT2D eigenvalue weighted by Crippen LogP contribution is 2.16. The lowest BCUT2D eigenvalue weighted by Crippen LogP contribution is -2.47. The first kappa shape index (κ1) is 13.5. The molecule has 1 aliphatic heterocycles. The van der Waals surface area contributed by atoms with Crippen LogP contribution in [0.4, 0.5) is 4.79 Å². The molecule has 0 spiro atoms. The fourth-order valence-corrected chi connectivity index (χ4v) is 1.90. The maximum absolute atomic E-state index is 11.7. The monoisotopic (exact) mass is 240 g/mol. The molecule has 96 valence electrons. The van der Waals surface area contributed by atoms with E-state index in [1.807, 2.05) is 19.1 Å². The van der Waals surface area contributed by atoms with Crippen LogP contribution in [-0.2, 0) is 4.79 Å². The highest BCUT2D eigenvalue weighted by molar-refractivity contribution is 5.76. The number of likely N-dealkylation sites (tertiary alicyclic amines) is 1. The fraction of sp³-hybridized carbons (Fsp3) is 0.667. The Balaban J connectivity index is 2.33. The van der Waals surface area contributed by atoms with Gasteiger partial charge >= 0.3 is 12.0 Å². The molecular formula is C12H20N2O3. The van der Waals surface area contributed by atoms with Gasteiger partial charge in [-0.05, 0) is 26.2 Å². The van der Waals surface area contributed by atoms with Gasteiger partial charge in [-0.1, -0.05) is 12.2 Å². The van der Waals surface area contributed by atoms with Gasteiger partial charge in [0.1, 0.15) is 0 Å². The van der Waals surface area contributed by atoms with E-state index in [1.54, 1.807) is 4.90 Å². The molecule has 0 aromatic carbocycles. The Morgan fingerprint density at radius 3 is 2.94 bits per heavy atom. The molecule has 0 aliphatic carbocycles. The molecule has 5 nitrogen and oxygen atoms in total. The molecule has 0 aromatic rings. The molecule has 1 aliphatic rings. The van der Waals surface area contributed by atoms with E-state index in [4.69, 9.17) is 5.11 Å². The van der Waals surface area contributed by atoms with Crippen LogP contribution in [0.5, 0.6) is 0 Å². The van der Waals surface area contributed by atoms with Gasteiger partial charge in [0.2, 0.25) is 0 Å². The lowest BCUT2D eigenvalue weighted by atomic mass is 9.99. The van der Waals surface area contributed by atoms with E-state index in [0.29, 0.717) is 26.1 Å². The predicted molar refractivity (Wildman–Crippen MR) is 64.8 cm³/mol. The van der Waals surface area contributed by atoms with Gasteiger partial charge in [0.05, 0.1) is 5.92 Å². The molecule has 1 atom stereocenters. The van der Waals surface area contributed by atoms with E-state index in [1.165, 1.54) is 0 Å². The predicted octanol–water partition coefficient (Wildman–Crippen LogP) is 1.46. The van der Waals surface area contributed by atoms with E-state index >= 15 is 0 Å². The van der Waals surface area contributed by atoms with Crippen molar-refractivity contribution in [1.29, 1.82) is 0 Å². The molecule has 2 N–H and O–H groups in total. The van der Waals surface area contributed by atoms with Gasteiger partial charge in [0.15, 0.2) is 0 Å². The Morgan fingerprint density at radius 2 is 2.29 bits per heavy atom. The minimum Gasteiger partial charge on any atom is -0.481 e. The van der Waals surface area contributed by atoms with Crippen LogP contribution in [0.25, 0.3) is 0 Å². The Bertz CT molecular complexity index is 302. The number of carboxylic acids is 1. The van der Waals surface area contributed by atoms with Crippen LogP contribution in [0.15, 0.2) is 12.2 Å². The number of aliphatic carboxylic acids is 1. The molecule has 17 heavy (non-hydrogen) atoms. The van der Waals surface area contributed by atoms with Crippen molar-refractivity contribution in [3.05, 3.63) is 12.2 Å². The molecule has 1 heterocycles. The number of carbonyl (C=O) groups is 2. The number of urea groups is 1. The first-order valence-corrected chi connectivity index (χ1v) is 6.02. The molecule has 1 fully saturated rings. The number of rotatable bonds is 4. The summed E-state index contributed by atoms with van der Waals surface area (Å²) in [6, 6.07) is -0.152. The Kier molecular flexibility index (Phi) is 5.52. The van der Waals surface area contributed by atoms with E-state index in [0.717, 1.165) is 12.8 Å². The van der Waals surface area contributed by atoms with E-state index in [2.05, 4.69) is 5.32 Å². The minimum absolute atomic E-state index is 0.152. The molecule has 1 rings (SSSR count). The standard InChI is InChI=1S/C12H20N2O3/c1-2-3-4-7-13-12(17)14-8-5-6-10(9-14)11(15)16/h2-3,10H,4-9H2,1H3,(H,13,17)(H,15,16)/b3-2+. The number of hydrogen-bond donors (Lipinski definition) is 2. The molecule has 2 amide bonds. The van der Waals surface area contributed by atoms with Gasteiger partial charge in [-0.3, -0.25) is 4.79 Å². The van der Waals surface area contributed by atoms with E-state index < -0.39 is 11.9 Å². The van der Waals surface area contributed by atoms with Crippen LogP contribution < -0.4 is 5.32 Å². The summed E-state index contributed by atoms with van der Waals surface area (Å²) >= 11 is 0. The third kappa shape index (κ3) is 4.46. The summed E-state index contributed by atoms with van der Waals surface area (Å²) in [5, 5.41) is 11.7. The van der Waals surface area contributed by atoms with Crippen LogP contribution in [0.3, 0.4) is 0 Å². The van der Waals surface area contributed by atoms with Crippen molar-refractivity contribution in [2.45, 2.75) is 26.2 Å². The number of allylic oxidation sites excluding steroid dienone is 1. The average molecular weight is 240 g/mol. The number of carbonyl (C=O) groups excluding carboxylic acids is 1. The van der Waals surface area contributed by atoms with E-state index in [-0.39, 0.29) is 6.03 Å². The second kappa shape index (κ2) is 6.93. The quantitative estimate of drug-likeness (QED) is 0.577. The van der Waals surface area contributed by atoms with Crippen LogP contribution >= 0.6 is 0 Å². The lowest BCUT2D eigenvalue weighted by molar-refractivity contribution is -0.143. The summed E-state index contributed by atoms with van der Waals surface area (Å²) in [5.41, 5.74) is 0. The van der Waals surface area contributed by atoms with Gasteiger partial charge in [-0.25, -0.2) is 4.79 Å². The molecular weight excluding hydrogens is 220 g/mol. The zero-order valence-corrected chi connectivity index (χ0v) is 10.2. The second-order valence-electron chi connectivity index (χ2n) is 4.21. The Labute approximate surface area is 101 Å². The number of nitrogens with one attached hydrogen (secondary N) is 1. The summed E-state index contributed by atoms with van der Waals surface area (Å²) in [6.07, 6.45) is 6.15. The number of nitrogens with zero attached hydrogens (tertiary/aromatic N) is 1. The molecule has 1 unspecified atom stereocenters. The van der Waals surface area contributed by atoms with Crippen molar-refractivity contribution >= 4 is 12.0 Å². The molecule has 1 saturated heterocycles. The van der Waals surface area contributed by atoms with Gasteiger partial charge in [0.25, 0.3) is 0 Å². The van der Waals surface area contributed by atoms with Gasteiger partial charge in [-0.15, -0.1) is 0 Å². The SMILES string of the molecule is C/C=C/CCNC(=O)N1CCCC(C(=O)O)C1. The van der Waals surface area contributed by atoms with Gasteiger partial charge in [0, 0.05) is 19.6 Å². The van der Waals surface area contributed by atoms with Gasteiger partial charge in [-0.2, -0.15) is 0 Å². The topological polar surface area (TPSA) is 69.6 Å². The first-order valence-electron chi connectivity index (χ1n) is 6.02. The molecule has 0 radical (unpaired) electrons. The zero-order chi connectivity index (χ0) is 12.7. The fourth-order valence-electron chi connectivity index (χ4n) is 1.90. The van der Waals surface area contributed by atoms with Crippen LogP contribution in [0.1, 0.15) is 26.2 Å². The maximum Gasteiger partial charge on any atom is 0.317 e. The second-order valence-corrected chi connectivity index (χ2v) is 4.21. The van der Waals surface area contributed by atoms with Crippen LogP contribution in [0, 0.1) is 5.92 Å². The minimum atomic E-state index is -0.809. The molecule has 5 heteroatoms. The number of carboxylic acid groups (broad SMARTS) is 1. The van der Waals surface area contributed by atoms with Crippen molar-refractivity contribution in [1.82, 2.24) is 10.2 Å². The number of piperidine rings is 1. The lowest BCUT2D eigenvalue weighted by Gasteiger charge is -2.30. The third-order valence-corrected chi connectivity index (χ3v) is 2.88. The van der Waals surface area contributed by atoms with Crippen molar-refractivity contribution in [2.75, 3.05) is 19.6 Å². The highest BCUT2D eigenvalue weighted by Gasteiger charge is 2.27.